The van der Waals surface area contributed by atoms with Gasteiger partial charge in [0.15, 0.2) is 0 Å². The first-order chi connectivity index (χ1) is 11.9. The van der Waals surface area contributed by atoms with E-state index in [2.05, 4.69) is 11.4 Å². The lowest BCUT2D eigenvalue weighted by atomic mass is 9.86. The molecule has 1 atom stereocenters. The molecule has 124 valence electrons. The number of halogens is 1. The standard InChI is InChI=1S/C19H13ClN2O2S/c1-11-15(10-21)17(12-6-8-13(20)9-7-12)19-18(22-11)14-4-2-3-5-16(14)25(19,23)24/h2-9,17,22H,1H3/t17-/m1/s1. The molecule has 0 fully saturated rings. The number of hydrogen-bond donors (Lipinski definition) is 1. The highest BCUT2D eigenvalue weighted by Gasteiger charge is 2.44. The Morgan fingerprint density at radius 2 is 1.80 bits per heavy atom. The molecule has 4 rings (SSSR count). The average molecular weight is 369 g/mol. The van der Waals surface area contributed by atoms with Crippen molar-refractivity contribution in [1.82, 2.24) is 5.32 Å². The molecule has 0 bridgehead atoms. The van der Waals surface area contributed by atoms with Crippen LogP contribution in [0.1, 0.15) is 24.0 Å². The molecule has 0 aliphatic carbocycles. The maximum atomic E-state index is 13.2. The van der Waals surface area contributed by atoms with Gasteiger partial charge < -0.3 is 5.32 Å². The van der Waals surface area contributed by atoms with Crippen LogP contribution < -0.4 is 5.32 Å². The van der Waals surface area contributed by atoms with Crippen molar-refractivity contribution in [2.24, 2.45) is 0 Å². The molecule has 0 unspecified atom stereocenters. The molecular weight excluding hydrogens is 356 g/mol. The third-order valence-corrected chi connectivity index (χ3v) is 6.78. The van der Waals surface area contributed by atoms with Gasteiger partial charge >= 0.3 is 0 Å². The molecule has 2 aromatic rings. The van der Waals surface area contributed by atoms with Crippen LogP contribution in [0.5, 0.6) is 0 Å². The summed E-state index contributed by atoms with van der Waals surface area (Å²) >= 11 is 5.97. The predicted octanol–water partition coefficient (Wildman–Crippen LogP) is 3.98. The van der Waals surface area contributed by atoms with Gasteiger partial charge in [-0.2, -0.15) is 5.26 Å². The minimum atomic E-state index is -3.68. The zero-order chi connectivity index (χ0) is 17.8. The average Bonchev–Trinajstić information content (AvgIpc) is 2.82. The molecule has 2 aromatic carbocycles. The summed E-state index contributed by atoms with van der Waals surface area (Å²) in [7, 11) is -3.68. The first kappa shape index (κ1) is 15.9. The van der Waals surface area contributed by atoms with Crippen LogP contribution in [-0.2, 0) is 9.84 Å². The van der Waals surface area contributed by atoms with Gasteiger partial charge in [0.05, 0.1) is 33.1 Å². The van der Waals surface area contributed by atoms with Crippen molar-refractivity contribution in [3.05, 3.63) is 80.9 Å². The highest BCUT2D eigenvalue weighted by Crippen LogP contribution is 2.50. The number of hydrogen-bond acceptors (Lipinski definition) is 4. The number of dihydropyridines is 1. The van der Waals surface area contributed by atoms with Crippen molar-refractivity contribution < 1.29 is 8.42 Å². The lowest BCUT2D eigenvalue weighted by Gasteiger charge is -2.26. The zero-order valence-electron chi connectivity index (χ0n) is 13.2. The SMILES string of the molecule is CC1=C(C#N)[C@@H](c2ccc(Cl)cc2)C2=C(N1)c1ccccc1S2(=O)=O. The summed E-state index contributed by atoms with van der Waals surface area (Å²) in [5.41, 5.74) is 3.00. The van der Waals surface area contributed by atoms with Crippen molar-refractivity contribution in [1.29, 1.82) is 5.26 Å². The normalized spacial score (nSPS) is 20.6. The molecule has 2 aliphatic rings. The Morgan fingerprint density at radius 1 is 1.12 bits per heavy atom. The number of rotatable bonds is 1. The fraction of sp³-hybridized carbons (Fsp3) is 0.105. The van der Waals surface area contributed by atoms with Crippen LogP contribution >= 0.6 is 11.6 Å². The van der Waals surface area contributed by atoms with Crippen LogP contribution in [0.25, 0.3) is 5.70 Å². The molecule has 0 spiro atoms. The number of fused-ring (bicyclic) bond motifs is 2. The van der Waals surface area contributed by atoms with E-state index in [0.29, 0.717) is 27.6 Å². The molecule has 1 N–H and O–H groups in total. The van der Waals surface area contributed by atoms with Gasteiger partial charge in [-0.15, -0.1) is 0 Å². The fourth-order valence-electron chi connectivity index (χ4n) is 3.45. The Balaban J connectivity index is 2.02. The van der Waals surface area contributed by atoms with Gasteiger partial charge in [-0.05, 0) is 30.7 Å². The maximum Gasteiger partial charge on any atom is 0.206 e. The predicted molar refractivity (Wildman–Crippen MR) is 96.2 cm³/mol. The Morgan fingerprint density at radius 3 is 2.48 bits per heavy atom. The zero-order valence-corrected chi connectivity index (χ0v) is 14.8. The Bertz CT molecular complexity index is 1110. The molecule has 2 aliphatic heterocycles. The second-order valence-corrected chi connectivity index (χ2v) is 8.32. The van der Waals surface area contributed by atoms with Crippen molar-refractivity contribution >= 4 is 27.1 Å². The molecule has 0 aromatic heterocycles. The van der Waals surface area contributed by atoms with Gasteiger partial charge in [0.2, 0.25) is 9.84 Å². The van der Waals surface area contributed by atoms with E-state index in [0.717, 1.165) is 5.56 Å². The van der Waals surface area contributed by atoms with Crippen LogP contribution in [0, 0.1) is 11.3 Å². The lowest BCUT2D eigenvalue weighted by molar-refractivity contribution is 0.600. The van der Waals surface area contributed by atoms with Gasteiger partial charge in [0.25, 0.3) is 0 Å². The second kappa shape index (κ2) is 5.48. The van der Waals surface area contributed by atoms with Gasteiger partial charge in [-0.3, -0.25) is 0 Å². The smallest absolute Gasteiger partial charge is 0.206 e. The third-order valence-electron chi connectivity index (χ3n) is 4.57. The molecule has 25 heavy (non-hydrogen) atoms. The number of sulfone groups is 1. The largest absolute Gasteiger partial charge is 0.357 e. The Labute approximate surface area is 151 Å². The monoisotopic (exact) mass is 368 g/mol. The summed E-state index contributed by atoms with van der Waals surface area (Å²) < 4.78 is 26.4. The molecule has 0 radical (unpaired) electrons. The fourth-order valence-corrected chi connectivity index (χ4v) is 5.52. The number of nitrogens with zero attached hydrogens (tertiary/aromatic N) is 1. The molecule has 4 nitrogen and oxygen atoms in total. The number of allylic oxidation sites excluding steroid dienone is 3. The molecule has 0 amide bonds. The van der Waals surface area contributed by atoms with Gasteiger partial charge in [0.1, 0.15) is 0 Å². The van der Waals surface area contributed by atoms with Crippen molar-refractivity contribution in [3.8, 4) is 6.07 Å². The van der Waals surface area contributed by atoms with Gasteiger partial charge in [0, 0.05) is 16.3 Å². The van der Waals surface area contributed by atoms with Crippen LogP contribution in [0.4, 0.5) is 0 Å². The first-order valence-electron chi connectivity index (χ1n) is 7.67. The van der Waals surface area contributed by atoms with Crippen molar-refractivity contribution in [2.75, 3.05) is 0 Å². The van der Waals surface area contributed by atoms with Crippen molar-refractivity contribution in [2.45, 2.75) is 17.7 Å². The lowest BCUT2D eigenvalue weighted by Crippen LogP contribution is -2.24. The van der Waals surface area contributed by atoms with Gasteiger partial charge in [-0.25, -0.2) is 8.42 Å². The van der Waals surface area contributed by atoms with Crippen LogP contribution in [-0.4, -0.2) is 8.42 Å². The third kappa shape index (κ3) is 2.22. The molecule has 0 saturated heterocycles. The number of nitriles is 1. The Kier molecular flexibility index (Phi) is 3.50. The Hall–Kier alpha value is -2.55. The minimum Gasteiger partial charge on any atom is -0.357 e. The molecule has 2 heterocycles. The van der Waals surface area contributed by atoms with E-state index in [4.69, 9.17) is 11.6 Å². The quantitative estimate of drug-likeness (QED) is 0.826. The topological polar surface area (TPSA) is 70.0 Å². The summed E-state index contributed by atoms with van der Waals surface area (Å²) in [6.07, 6.45) is 0. The summed E-state index contributed by atoms with van der Waals surface area (Å²) in [5, 5.41) is 13.4. The molecular formula is C19H13ClN2O2S. The summed E-state index contributed by atoms with van der Waals surface area (Å²) in [6, 6.07) is 16.0. The summed E-state index contributed by atoms with van der Waals surface area (Å²) in [6.45, 7) is 1.79. The van der Waals surface area contributed by atoms with E-state index in [-0.39, 0.29) is 9.80 Å². The minimum absolute atomic E-state index is 0.234. The highest BCUT2D eigenvalue weighted by atomic mass is 35.5. The highest BCUT2D eigenvalue weighted by molar-refractivity contribution is 7.96. The summed E-state index contributed by atoms with van der Waals surface area (Å²) in [4.78, 5) is 0.511. The van der Waals surface area contributed by atoms with E-state index in [1.165, 1.54) is 0 Å². The molecule has 0 saturated carbocycles. The van der Waals surface area contributed by atoms with Crippen LogP contribution in [0.2, 0.25) is 5.02 Å². The van der Waals surface area contributed by atoms with E-state index in [1.54, 1.807) is 49.4 Å². The first-order valence-corrected chi connectivity index (χ1v) is 9.53. The van der Waals surface area contributed by atoms with E-state index < -0.39 is 15.8 Å². The van der Waals surface area contributed by atoms with Crippen molar-refractivity contribution in [3.63, 3.8) is 0 Å². The van der Waals surface area contributed by atoms with E-state index in [1.807, 2.05) is 6.07 Å². The van der Waals surface area contributed by atoms with E-state index in [9.17, 15) is 13.7 Å². The maximum absolute atomic E-state index is 13.2. The molecule has 6 heteroatoms. The van der Waals surface area contributed by atoms with E-state index >= 15 is 0 Å². The summed E-state index contributed by atoms with van der Waals surface area (Å²) in [5.74, 6) is -0.643. The van der Waals surface area contributed by atoms with Crippen LogP contribution in [0.15, 0.2) is 69.6 Å². The number of benzene rings is 2. The number of nitrogens with one attached hydrogen (secondary N) is 1. The second-order valence-electron chi connectivity index (χ2n) is 6.00. The van der Waals surface area contributed by atoms with Gasteiger partial charge in [-0.1, -0.05) is 41.9 Å². The van der Waals surface area contributed by atoms with Crippen LogP contribution in [0.3, 0.4) is 0 Å².